The van der Waals surface area contributed by atoms with Crippen molar-refractivity contribution in [1.82, 2.24) is 15.2 Å². The molecule has 112 valence electrons. The fourth-order valence-corrected chi connectivity index (χ4v) is 2.63. The molecular weight excluding hydrogens is 269 g/mol. The zero-order valence-electron chi connectivity index (χ0n) is 12.1. The Morgan fingerprint density at radius 1 is 1.48 bits per heavy atom. The molecule has 2 heterocycles. The van der Waals surface area contributed by atoms with Gasteiger partial charge in [0.15, 0.2) is 0 Å². The first-order valence-electron chi connectivity index (χ1n) is 7.28. The van der Waals surface area contributed by atoms with Gasteiger partial charge in [0.1, 0.15) is 11.6 Å². The Kier molecular flexibility index (Phi) is 3.88. The maximum Gasteiger partial charge on any atom is 0.244 e. The molecule has 2 aromatic rings. The molecule has 3 N–H and O–H groups in total. The molecule has 1 fully saturated rings. The van der Waals surface area contributed by atoms with Crippen LogP contribution in [0.5, 0.6) is 0 Å². The first kappa shape index (κ1) is 14.0. The highest BCUT2D eigenvalue weighted by molar-refractivity contribution is 5.31. The Morgan fingerprint density at radius 3 is 3.10 bits per heavy atom. The second-order valence-corrected chi connectivity index (χ2v) is 5.76. The third kappa shape index (κ3) is 3.21. The summed E-state index contributed by atoms with van der Waals surface area (Å²) in [6.45, 7) is 3.87. The molecule has 0 amide bonds. The Morgan fingerprint density at radius 2 is 2.33 bits per heavy atom. The van der Waals surface area contributed by atoms with E-state index in [-0.39, 0.29) is 11.9 Å². The lowest BCUT2D eigenvalue weighted by Gasteiger charge is -2.34. The highest BCUT2D eigenvalue weighted by Crippen LogP contribution is 2.19. The second-order valence-electron chi connectivity index (χ2n) is 5.76. The number of hydrogen-bond donors (Lipinski definition) is 2. The topological polar surface area (TPSA) is 70.8 Å². The summed E-state index contributed by atoms with van der Waals surface area (Å²) in [5, 5.41) is 7.19. The number of aromatic amines is 1. The van der Waals surface area contributed by atoms with E-state index >= 15 is 0 Å². The smallest absolute Gasteiger partial charge is 0.244 e. The van der Waals surface area contributed by atoms with Crippen molar-refractivity contribution in [2.24, 2.45) is 11.7 Å². The van der Waals surface area contributed by atoms with Crippen LogP contribution in [0.25, 0.3) is 0 Å². The first-order valence-corrected chi connectivity index (χ1v) is 7.28. The van der Waals surface area contributed by atoms with Gasteiger partial charge in [-0.25, -0.2) is 4.39 Å². The van der Waals surface area contributed by atoms with Crippen LogP contribution < -0.4 is 10.6 Å². The molecule has 0 bridgehead atoms. The van der Waals surface area contributed by atoms with Crippen LogP contribution in [-0.2, 0) is 6.42 Å². The minimum absolute atomic E-state index is 0.156. The van der Waals surface area contributed by atoms with E-state index in [1.165, 1.54) is 12.1 Å². The highest BCUT2D eigenvalue weighted by atomic mass is 19.1. The first-order chi connectivity index (χ1) is 10.1. The van der Waals surface area contributed by atoms with Gasteiger partial charge < -0.3 is 10.6 Å². The van der Waals surface area contributed by atoms with Crippen LogP contribution in [0.2, 0.25) is 0 Å². The molecule has 0 aliphatic carbocycles. The van der Waals surface area contributed by atoms with Gasteiger partial charge in [0.25, 0.3) is 0 Å². The molecule has 6 heteroatoms. The zero-order chi connectivity index (χ0) is 14.8. The number of hydrogen-bond acceptors (Lipinski definition) is 4. The van der Waals surface area contributed by atoms with Gasteiger partial charge in [0, 0.05) is 25.6 Å². The van der Waals surface area contributed by atoms with Crippen molar-refractivity contribution in [2.75, 3.05) is 18.0 Å². The summed E-state index contributed by atoms with van der Waals surface area (Å²) in [6.07, 6.45) is 1.59. The van der Waals surface area contributed by atoms with Crippen LogP contribution in [0.1, 0.15) is 24.7 Å². The normalized spacial score (nSPS) is 22.5. The molecule has 1 saturated heterocycles. The number of anilines is 1. The molecule has 3 rings (SSSR count). The molecule has 0 spiro atoms. The number of piperidine rings is 1. The van der Waals surface area contributed by atoms with Crippen LogP contribution in [0.15, 0.2) is 24.3 Å². The van der Waals surface area contributed by atoms with E-state index in [0.29, 0.717) is 18.3 Å². The van der Waals surface area contributed by atoms with Gasteiger partial charge in [-0.2, -0.15) is 4.98 Å². The molecule has 21 heavy (non-hydrogen) atoms. The Labute approximate surface area is 123 Å². The molecular formula is C15H20FN5. The van der Waals surface area contributed by atoms with Gasteiger partial charge in [-0.3, -0.25) is 5.10 Å². The SMILES string of the molecule is CC1CCN(c2n[nH]c(Cc3cccc(F)c3)n2)CC1N. The van der Waals surface area contributed by atoms with E-state index in [2.05, 4.69) is 27.0 Å². The van der Waals surface area contributed by atoms with Gasteiger partial charge in [-0.1, -0.05) is 19.1 Å². The van der Waals surface area contributed by atoms with Gasteiger partial charge in [-0.05, 0) is 30.0 Å². The fourth-order valence-electron chi connectivity index (χ4n) is 2.63. The number of nitrogens with zero attached hydrogens (tertiary/aromatic N) is 3. The third-order valence-corrected chi connectivity index (χ3v) is 4.08. The van der Waals surface area contributed by atoms with Gasteiger partial charge >= 0.3 is 0 Å². The Balaban J connectivity index is 1.69. The number of H-pyrrole nitrogens is 1. The van der Waals surface area contributed by atoms with Crippen LogP contribution in [0.4, 0.5) is 10.3 Å². The van der Waals surface area contributed by atoms with Crippen molar-refractivity contribution in [2.45, 2.75) is 25.8 Å². The molecule has 1 aliphatic heterocycles. The summed E-state index contributed by atoms with van der Waals surface area (Å²) in [6, 6.07) is 6.69. The lowest BCUT2D eigenvalue weighted by atomic mass is 9.95. The number of nitrogens with two attached hydrogens (primary N) is 1. The zero-order valence-corrected chi connectivity index (χ0v) is 12.1. The Hall–Kier alpha value is -1.95. The average molecular weight is 289 g/mol. The highest BCUT2D eigenvalue weighted by Gasteiger charge is 2.25. The summed E-state index contributed by atoms with van der Waals surface area (Å²) < 4.78 is 13.2. The van der Waals surface area contributed by atoms with Crippen molar-refractivity contribution in [1.29, 1.82) is 0 Å². The Bertz CT molecular complexity index is 612. The van der Waals surface area contributed by atoms with Crippen LogP contribution in [-0.4, -0.2) is 34.3 Å². The molecule has 1 aliphatic rings. The van der Waals surface area contributed by atoms with E-state index in [9.17, 15) is 4.39 Å². The number of aromatic nitrogens is 3. The lowest BCUT2D eigenvalue weighted by molar-refractivity contribution is 0.376. The molecule has 2 atom stereocenters. The summed E-state index contributed by atoms with van der Waals surface area (Å²) in [4.78, 5) is 6.61. The van der Waals surface area contributed by atoms with Gasteiger partial charge in [0.2, 0.25) is 5.95 Å². The largest absolute Gasteiger partial charge is 0.338 e. The van der Waals surface area contributed by atoms with E-state index in [0.717, 1.165) is 30.9 Å². The molecule has 2 unspecified atom stereocenters. The van der Waals surface area contributed by atoms with E-state index < -0.39 is 0 Å². The van der Waals surface area contributed by atoms with Crippen LogP contribution >= 0.6 is 0 Å². The maximum absolute atomic E-state index is 13.2. The van der Waals surface area contributed by atoms with Crippen molar-refractivity contribution in [3.05, 3.63) is 41.5 Å². The summed E-state index contributed by atoms with van der Waals surface area (Å²) in [7, 11) is 0. The predicted octanol–water partition coefficient (Wildman–Crippen LogP) is 1.71. The van der Waals surface area contributed by atoms with E-state index in [4.69, 9.17) is 5.73 Å². The molecule has 5 nitrogen and oxygen atoms in total. The fraction of sp³-hybridized carbons (Fsp3) is 0.467. The van der Waals surface area contributed by atoms with Crippen molar-refractivity contribution >= 4 is 5.95 Å². The molecule has 1 aromatic heterocycles. The predicted molar refractivity (Wildman–Crippen MR) is 79.6 cm³/mol. The molecule has 1 aromatic carbocycles. The molecule has 0 radical (unpaired) electrons. The summed E-state index contributed by atoms with van der Waals surface area (Å²) >= 11 is 0. The van der Waals surface area contributed by atoms with Gasteiger partial charge in [0.05, 0.1) is 0 Å². The van der Waals surface area contributed by atoms with Crippen molar-refractivity contribution < 1.29 is 4.39 Å². The lowest BCUT2D eigenvalue weighted by Crippen LogP contribution is -2.48. The second kappa shape index (κ2) is 5.81. The number of rotatable bonds is 3. The average Bonchev–Trinajstić information content (AvgIpc) is 2.90. The number of nitrogens with one attached hydrogen (secondary N) is 1. The van der Waals surface area contributed by atoms with Gasteiger partial charge in [-0.15, -0.1) is 5.10 Å². The summed E-state index contributed by atoms with van der Waals surface area (Å²) in [5.41, 5.74) is 6.98. The number of benzene rings is 1. The number of halogens is 1. The van der Waals surface area contributed by atoms with Crippen molar-refractivity contribution in [3.8, 4) is 0 Å². The minimum atomic E-state index is -0.233. The maximum atomic E-state index is 13.2. The van der Waals surface area contributed by atoms with Crippen LogP contribution in [0, 0.1) is 11.7 Å². The van der Waals surface area contributed by atoms with Crippen LogP contribution in [0.3, 0.4) is 0 Å². The van der Waals surface area contributed by atoms with E-state index in [1.807, 2.05) is 6.07 Å². The van der Waals surface area contributed by atoms with E-state index in [1.54, 1.807) is 6.07 Å². The third-order valence-electron chi connectivity index (χ3n) is 4.08. The minimum Gasteiger partial charge on any atom is -0.338 e. The summed E-state index contributed by atoms with van der Waals surface area (Å²) in [5.74, 6) is 1.72. The standard InChI is InChI=1S/C15H20FN5/c1-10-5-6-21(9-13(10)17)15-18-14(19-20-15)8-11-3-2-4-12(16)7-11/h2-4,7,10,13H,5-6,8-9,17H2,1H3,(H,18,19,20). The monoisotopic (exact) mass is 289 g/mol. The van der Waals surface area contributed by atoms with Crippen molar-refractivity contribution in [3.63, 3.8) is 0 Å². The molecule has 0 saturated carbocycles. The quantitative estimate of drug-likeness (QED) is 0.902.